The molecule has 2 aromatic carbocycles. The zero-order valence-corrected chi connectivity index (χ0v) is 19.4. The van der Waals surface area contributed by atoms with Gasteiger partial charge < -0.3 is 15.7 Å². The van der Waals surface area contributed by atoms with Gasteiger partial charge in [-0.2, -0.15) is 0 Å². The molecule has 2 aromatic rings. The van der Waals surface area contributed by atoms with E-state index in [4.69, 9.17) is 5.73 Å². The van der Waals surface area contributed by atoms with Crippen molar-refractivity contribution in [1.29, 1.82) is 0 Å². The van der Waals surface area contributed by atoms with Crippen molar-refractivity contribution in [2.24, 2.45) is 17.6 Å². The molecule has 3 N–H and O–H groups in total. The van der Waals surface area contributed by atoms with Crippen LogP contribution in [0.25, 0.3) is 0 Å². The number of benzene rings is 2. The largest absolute Gasteiger partial charge is 0.478 e. The van der Waals surface area contributed by atoms with E-state index in [9.17, 15) is 19.5 Å². The minimum Gasteiger partial charge on any atom is -0.478 e. The van der Waals surface area contributed by atoms with Crippen LogP contribution in [0.2, 0.25) is 0 Å². The van der Waals surface area contributed by atoms with Gasteiger partial charge in [-0.25, -0.2) is 14.5 Å². The molecule has 0 spiro atoms. The van der Waals surface area contributed by atoms with Gasteiger partial charge in [0.25, 0.3) is 0 Å². The summed E-state index contributed by atoms with van der Waals surface area (Å²) in [6, 6.07) is 15.8. The molecule has 3 amide bonds. The van der Waals surface area contributed by atoms with Gasteiger partial charge in [-0.3, -0.25) is 4.79 Å². The lowest BCUT2D eigenvalue weighted by Gasteiger charge is -2.37. The maximum Gasteiger partial charge on any atom is 0.335 e. The lowest BCUT2D eigenvalue weighted by atomic mass is 9.81. The average Bonchev–Trinajstić information content (AvgIpc) is 2.89. The number of piperidine rings is 1. The van der Waals surface area contributed by atoms with Gasteiger partial charge in [0, 0.05) is 24.9 Å². The number of carboxylic acid groups (broad SMARTS) is 1. The summed E-state index contributed by atoms with van der Waals surface area (Å²) in [6.07, 6.45) is 5.05. The third-order valence-electron chi connectivity index (χ3n) is 7.28. The van der Waals surface area contributed by atoms with Crippen LogP contribution in [0.15, 0.2) is 54.6 Å². The summed E-state index contributed by atoms with van der Waals surface area (Å²) in [5.74, 6) is -0.828. The Kier molecular flexibility index (Phi) is 7.63. The molecular weight excluding hydrogens is 430 g/mol. The Morgan fingerprint density at radius 2 is 1.62 bits per heavy atom. The molecule has 1 saturated carbocycles. The number of likely N-dealkylation sites (tertiary alicyclic amines) is 1. The molecule has 1 saturated heterocycles. The van der Waals surface area contributed by atoms with Gasteiger partial charge in [-0.05, 0) is 80.8 Å². The zero-order chi connectivity index (χ0) is 24.1. The van der Waals surface area contributed by atoms with E-state index < -0.39 is 5.97 Å². The molecule has 1 unspecified atom stereocenters. The molecule has 7 heteroatoms. The summed E-state index contributed by atoms with van der Waals surface area (Å²) in [6.45, 7) is 1.77. The van der Waals surface area contributed by atoms with Gasteiger partial charge in [0.1, 0.15) is 0 Å². The first-order valence-corrected chi connectivity index (χ1v) is 12.2. The van der Waals surface area contributed by atoms with Crippen molar-refractivity contribution < 1.29 is 19.5 Å². The quantitative estimate of drug-likeness (QED) is 0.680. The Hall–Kier alpha value is -3.19. The molecule has 2 fully saturated rings. The number of nitrogens with zero attached hydrogens (tertiary/aromatic N) is 2. The molecule has 2 aliphatic rings. The van der Waals surface area contributed by atoms with Crippen LogP contribution in [-0.2, 0) is 4.79 Å². The highest BCUT2D eigenvalue weighted by molar-refractivity contribution is 6.15. The highest BCUT2D eigenvalue weighted by Gasteiger charge is 2.36. The minimum atomic E-state index is -1.04. The van der Waals surface area contributed by atoms with E-state index in [1.54, 1.807) is 17.0 Å². The first-order chi connectivity index (χ1) is 16.5. The lowest BCUT2D eigenvalue weighted by Crippen LogP contribution is -2.51. The normalized spacial score (nSPS) is 22.7. The van der Waals surface area contributed by atoms with Gasteiger partial charge >= 0.3 is 12.0 Å². The van der Waals surface area contributed by atoms with Crippen molar-refractivity contribution in [3.05, 3.63) is 65.7 Å². The number of imide groups is 1. The maximum absolute atomic E-state index is 13.8. The van der Waals surface area contributed by atoms with E-state index >= 15 is 0 Å². The molecule has 1 aliphatic heterocycles. The molecule has 1 heterocycles. The predicted octanol–water partition coefficient (Wildman–Crippen LogP) is 4.48. The zero-order valence-electron chi connectivity index (χ0n) is 19.4. The summed E-state index contributed by atoms with van der Waals surface area (Å²) in [7, 11) is 0. The number of nitrogens with two attached hydrogens (primary N) is 1. The Balaban J connectivity index is 1.58. The van der Waals surface area contributed by atoms with Crippen LogP contribution in [-0.4, -0.2) is 47.5 Å². The number of carboxylic acids is 1. The van der Waals surface area contributed by atoms with Gasteiger partial charge in [-0.15, -0.1) is 0 Å². The van der Waals surface area contributed by atoms with Crippen LogP contribution in [0, 0.1) is 11.8 Å². The van der Waals surface area contributed by atoms with E-state index in [-0.39, 0.29) is 29.3 Å². The fourth-order valence-electron chi connectivity index (χ4n) is 5.20. The molecule has 7 nitrogen and oxygen atoms in total. The van der Waals surface area contributed by atoms with Crippen LogP contribution < -0.4 is 10.6 Å². The van der Waals surface area contributed by atoms with E-state index in [2.05, 4.69) is 12.1 Å². The van der Waals surface area contributed by atoms with E-state index in [1.165, 1.54) is 22.6 Å². The topological polar surface area (TPSA) is 104 Å². The predicted molar refractivity (Wildman–Crippen MR) is 131 cm³/mol. The number of rotatable bonds is 5. The second kappa shape index (κ2) is 10.8. The van der Waals surface area contributed by atoms with Crippen LogP contribution in [0.4, 0.5) is 10.5 Å². The number of carbonyl (C=O) groups is 3. The van der Waals surface area contributed by atoms with Gasteiger partial charge in [-0.1, -0.05) is 30.3 Å². The summed E-state index contributed by atoms with van der Waals surface area (Å²) in [4.78, 5) is 41.8. The van der Waals surface area contributed by atoms with Crippen molar-refractivity contribution in [2.45, 2.75) is 44.4 Å². The molecule has 0 radical (unpaired) electrons. The second-order valence-corrected chi connectivity index (χ2v) is 9.46. The standard InChI is InChI=1S/C27H33N3O4/c28-17-19-8-10-21(11-9-19)25(31)30(24-14-12-22(13-15-24)26(32)33)27(34)29-16-4-7-23(18-29)20-5-2-1-3-6-20/h1-3,5-6,12-15,19,21,23H,4,7-11,16-18,28H2,(H,32,33). The van der Waals surface area contributed by atoms with Gasteiger partial charge in [0.15, 0.2) is 0 Å². The minimum absolute atomic E-state index is 0.120. The average molecular weight is 464 g/mol. The smallest absolute Gasteiger partial charge is 0.335 e. The van der Waals surface area contributed by atoms with E-state index in [1.807, 2.05) is 18.2 Å². The van der Waals surface area contributed by atoms with Gasteiger partial charge in [0.05, 0.1) is 11.3 Å². The maximum atomic E-state index is 13.8. The third-order valence-corrected chi connectivity index (χ3v) is 7.28. The molecule has 180 valence electrons. The van der Waals surface area contributed by atoms with Crippen LogP contribution in [0.1, 0.15) is 60.4 Å². The number of anilines is 1. The summed E-state index contributed by atoms with van der Waals surface area (Å²) < 4.78 is 0. The number of hydrogen-bond acceptors (Lipinski definition) is 4. The lowest BCUT2D eigenvalue weighted by molar-refractivity contribution is -0.123. The Labute approximate surface area is 200 Å². The van der Waals surface area contributed by atoms with Gasteiger partial charge in [0.2, 0.25) is 5.91 Å². The Bertz CT molecular complexity index is 1000. The van der Waals surface area contributed by atoms with Crippen LogP contribution >= 0.6 is 0 Å². The molecule has 0 bridgehead atoms. The first kappa shape index (κ1) is 24.0. The highest BCUT2D eigenvalue weighted by atomic mass is 16.4. The Morgan fingerprint density at radius 3 is 2.24 bits per heavy atom. The first-order valence-electron chi connectivity index (χ1n) is 12.2. The van der Waals surface area contributed by atoms with Crippen LogP contribution in [0.5, 0.6) is 0 Å². The van der Waals surface area contributed by atoms with Crippen molar-refractivity contribution >= 4 is 23.6 Å². The molecule has 0 aromatic heterocycles. The highest BCUT2D eigenvalue weighted by Crippen LogP contribution is 2.33. The summed E-state index contributed by atoms with van der Waals surface area (Å²) >= 11 is 0. The Morgan fingerprint density at radius 1 is 0.941 bits per heavy atom. The van der Waals surface area contributed by atoms with Crippen LogP contribution in [0.3, 0.4) is 0 Å². The monoisotopic (exact) mass is 463 g/mol. The van der Waals surface area contributed by atoms with Crippen molar-refractivity contribution in [2.75, 3.05) is 24.5 Å². The number of carbonyl (C=O) groups excluding carboxylic acids is 2. The second-order valence-electron chi connectivity index (χ2n) is 9.46. The third kappa shape index (κ3) is 5.30. The summed E-state index contributed by atoms with van der Waals surface area (Å²) in [5.41, 5.74) is 7.55. The number of amides is 3. The molecule has 34 heavy (non-hydrogen) atoms. The molecule has 4 rings (SSSR count). The molecule has 1 atom stereocenters. The fraction of sp³-hybridized carbons (Fsp3) is 0.444. The molecular formula is C27H33N3O4. The number of hydrogen-bond donors (Lipinski definition) is 2. The summed E-state index contributed by atoms with van der Waals surface area (Å²) in [5, 5.41) is 9.26. The van der Waals surface area contributed by atoms with Crippen molar-refractivity contribution in [3.63, 3.8) is 0 Å². The van der Waals surface area contributed by atoms with Crippen molar-refractivity contribution in [1.82, 2.24) is 4.90 Å². The molecule has 1 aliphatic carbocycles. The number of aromatic carboxylic acids is 1. The van der Waals surface area contributed by atoms with E-state index in [0.29, 0.717) is 44.1 Å². The fourth-order valence-corrected chi connectivity index (χ4v) is 5.20. The van der Waals surface area contributed by atoms with Crippen molar-refractivity contribution in [3.8, 4) is 0 Å². The van der Waals surface area contributed by atoms with E-state index in [0.717, 1.165) is 25.7 Å². The number of urea groups is 1. The SMILES string of the molecule is NCC1CCC(C(=O)N(C(=O)N2CCCC(c3ccccc3)C2)c2ccc(C(=O)O)cc2)CC1.